The molecule has 2 aliphatic rings. The van der Waals surface area contributed by atoms with Gasteiger partial charge in [0, 0.05) is 0 Å². The van der Waals surface area contributed by atoms with E-state index in [1.807, 2.05) is 13.0 Å². The van der Waals surface area contributed by atoms with Crippen molar-refractivity contribution in [3.05, 3.63) is 11.8 Å². The predicted molar refractivity (Wildman–Crippen MR) is 103 cm³/mol. The summed E-state index contributed by atoms with van der Waals surface area (Å²) < 4.78 is 5.44. The Bertz CT molecular complexity index is 568. The average Bonchev–Trinajstić information content (AvgIpc) is 2.69. The van der Waals surface area contributed by atoms with Crippen molar-refractivity contribution < 1.29 is 19.1 Å². The van der Waals surface area contributed by atoms with Crippen LogP contribution in [0.3, 0.4) is 0 Å². The van der Waals surface area contributed by atoms with Crippen LogP contribution in [0.15, 0.2) is 11.8 Å². The number of carbonyl (C=O) groups is 3. The molecule has 2 amide bonds. The molecule has 2 rings (SSSR count). The van der Waals surface area contributed by atoms with Crippen molar-refractivity contribution >= 4 is 17.6 Å². The van der Waals surface area contributed by atoms with E-state index in [2.05, 4.69) is 10.6 Å². The Morgan fingerprint density at radius 2 is 1.96 bits per heavy atom. The van der Waals surface area contributed by atoms with E-state index in [1.165, 1.54) is 0 Å². The van der Waals surface area contributed by atoms with E-state index < -0.39 is 23.3 Å². The summed E-state index contributed by atoms with van der Waals surface area (Å²) in [4.78, 5) is 37.6. The lowest BCUT2D eigenvalue weighted by molar-refractivity contribution is -0.140. The van der Waals surface area contributed by atoms with Crippen LogP contribution in [0.25, 0.3) is 0 Å². The SMILES string of the molecule is CCCC[C@H](NC(=O)C1(N)CCCCC1)C(=O)C(=O)NCC1=CCCCO1. The molecule has 1 aliphatic heterocycles. The topological polar surface area (TPSA) is 111 Å². The fraction of sp³-hybridized carbons (Fsp3) is 0.750. The van der Waals surface area contributed by atoms with Crippen LogP contribution in [-0.2, 0) is 19.1 Å². The molecule has 1 saturated carbocycles. The number of nitrogens with one attached hydrogen (secondary N) is 2. The number of Topliss-reactive ketones (excluding diaryl/α,β-unsaturated/α-hetero) is 1. The molecular weight excluding hydrogens is 346 g/mol. The number of hydrogen-bond donors (Lipinski definition) is 3. The zero-order chi connectivity index (χ0) is 19.7. The van der Waals surface area contributed by atoms with Gasteiger partial charge in [0.25, 0.3) is 5.91 Å². The molecule has 0 bridgehead atoms. The minimum Gasteiger partial charge on any atom is -0.496 e. The summed E-state index contributed by atoms with van der Waals surface area (Å²) in [5.41, 5.74) is 5.33. The second-order valence-corrected chi connectivity index (χ2v) is 7.59. The minimum atomic E-state index is -0.930. The van der Waals surface area contributed by atoms with Crippen molar-refractivity contribution in [3.63, 3.8) is 0 Å². The number of nitrogens with two attached hydrogens (primary N) is 1. The second kappa shape index (κ2) is 10.4. The summed E-state index contributed by atoms with van der Waals surface area (Å²) in [6.45, 7) is 2.82. The summed E-state index contributed by atoms with van der Waals surface area (Å²) >= 11 is 0. The molecule has 1 aliphatic carbocycles. The van der Waals surface area contributed by atoms with Crippen molar-refractivity contribution in [2.75, 3.05) is 13.2 Å². The Labute approximate surface area is 161 Å². The second-order valence-electron chi connectivity index (χ2n) is 7.59. The third kappa shape index (κ3) is 6.34. The molecule has 7 nitrogen and oxygen atoms in total. The van der Waals surface area contributed by atoms with Crippen molar-refractivity contribution in [1.82, 2.24) is 10.6 Å². The number of unbranched alkanes of at least 4 members (excludes halogenated alkanes) is 1. The number of hydrogen-bond acceptors (Lipinski definition) is 5. The van der Waals surface area contributed by atoms with Gasteiger partial charge in [0.15, 0.2) is 0 Å². The van der Waals surface area contributed by atoms with Gasteiger partial charge in [0.1, 0.15) is 5.76 Å². The van der Waals surface area contributed by atoms with Crippen molar-refractivity contribution in [2.45, 2.75) is 82.7 Å². The molecule has 1 heterocycles. The van der Waals surface area contributed by atoms with Gasteiger partial charge in [-0.15, -0.1) is 0 Å². The first kappa shape index (κ1) is 21.4. The van der Waals surface area contributed by atoms with E-state index in [-0.39, 0.29) is 12.5 Å². The maximum atomic E-state index is 12.7. The van der Waals surface area contributed by atoms with Gasteiger partial charge >= 0.3 is 0 Å². The average molecular weight is 380 g/mol. The molecule has 7 heteroatoms. The Balaban J connectivity index is 1.94. The van der Waals surface area contributed by atoms with Gasteiger partial charge in [-0.1, -0.05) is 39.0 Å². The molecule has 0 aromatic rings. The first-order valence-corrected chi connectivity index (χ1v) is 10.2. The Morgan fingerprint density at radius 3 is 2.59 bits per heavy atom. The zero-order valence-electron chi connectivity index (χ0n) is 16.4. The molecule has 1 fully saturated rings. The van der Waals surface area contributed by atoms with E-state index in [4.69, 9.17) is 10.5 Å². The maximum Gasteiger partial charge on any atom is 0.289 e. The third-order valence-corrected chi connectivity index (χ3v) is 5.32. The lowest BCUT2D eigenvalue weighted by Gasteiger charge is -2.33. The standard InChI is InChI=1S/C20H33N3O4/c1-2-3-10-16(23-19(26)20(21)11-6-4-7-12-20)17(24)18(25)22-14-15-9-5-8-13-27-15/h9,16H,2-8,10-14,21H2,1H3,(H,22,25)(H,23,26)/t16-/m0/s1. The number of amides is 2. The molecule has 27 heavy (non-hydrogen) atoms. The summed E-state index contributed by atoms with van der Waals surface area (Å²) in [5, 5.41) is 5.37. The van der Waals surface area contributed by atoms with Crippen molar-refractivity contribution in [1.29, 1.82) is 0 Å². The highest BCUT2D eigenvalue weighted by atomic mass is 16.5. The molecule has 1 atom stereocenters. The molecule has 0 aromatic carbocycles. The lowest BCUT2D eigenvalue weighted by Crippen LogP contribution is -2.59. The summed E-state index contributed by atoms with van der Waals surface area (Å²) in [5.74, 6) is -0.948. The van der Waals surface area contributed by atoms with Gasteiger partial charge in [-0.2, -0.15) is 0 Å². The first-order valence-electron chi connectivity index (χ1n) is 10.2. The molecule has 0 aromatic heterocycles. The zero-order valence-corrected chi connectivity index (χ0v) is 16.4. The van der Waals surface area contributed by atoms with Gasteiger partial charge in [-0.3, -0.25) is 14.4 Å². The maximum absolute atomic E-state index is 12.7. The van der Waals surface area contributed by atoms with Gasteiger partial charge in [0.2, 0.25) is 11.7 Å². The predicted octanol–water partition coefficient (Wildman–Crippen LogP) is 1.70. The molecule has 0 radical (unpaired) electrons. The highest BCUT2D eigenvalue weighted by Gasteiger charge is 2.38. The summed E-state index contributed by atoms with van der Waals surface area (Å²) in [6, 6.07) is -0.832. The highest BCUT2D eigenvalue weighted by molar-refractivity contribution is 6.38. The van der Waals surface area contributed by atoms with Gasteiger partial charge in [-0.05, 0) is 38.2 Å². The number of ether oxygens (including phenoxy) is 1. The summed E-state index contributed by atoms with van der Waals surface area (Å²) in [7, 11) is 0. The van der Waals surface area contributed by atoms with E-state index in [9.17, 15) is 14.4 Å². The van der Waals surface area contributed by atoms with Crippen LogP contribution in [0, 0.1) is 0 Å². The van der Waals surface area contributed by atoms with Crippen molar-refractivity contribution in [2.24, 2.45) is 5.73 Å². The minimum absolute atomic E-state index is 0.194. The van der Waals surface area contributed by atoms with Gasteiger partial charge in [-0.25, -0.2) is 0 Å². The quantitative estimate of drug-likeness (QED) is 0.528. The van der Waals surface area contributed by atoms with E-state index in [0.29, 0.717) is 31.6 Å². The van der Waals surface area contributed by atoms with E-state index in [0.717, 1.165) is 44.9 Å². The van der Waals surface area contributed by atoms with Crippen LogP contribution in [0.4, 0.5) is 0 Å². The fourth-order valence-corrected chi connectivity index (χ4v) is 3.53. The smallest absolute Gasteiger partial charge is 0.289 e. The molecule has 152 valence electrons. The Hall–Kier alpha value is -1.89. The highest BCUT2D eigenvalue weighted by Crippen LogP contribution is 2.26. The van der Waals surface area contributed by atoms with Gasteiger partial charge in [0.05, 0.1) is 24.7 Å². The number of allylic oxidation sites excluding steroid dienone is 1. The van der Waals surface area contributed by atoms with Crippen LogP contribution in [-0.4, -0.2) is 42.3 Å². The normalized spacial score (nSPS) is 20.0. The van der Waals surface area contributed by atoms with Crippen LogP contribution >= 0.6 is 0 Å². The lowest BCUT2D eigenvalue weighted by atomic mass is 9.81. The molecule has 0 spiro atoms. The summed E-state index contributed by atoms with van der Waals surface area (Å²) in [6.07, 6.45) is 9.97. The number of carbonyl (C=O) groups excluding carboxylic acids is 3. The third-order valence-electron chi connectivity index (χ3n) is 5.32. The fourth-order valence-electron chi connectivity index (χ4n) is 3.53. The van der Waals surface area contributed by atoms with Crippen molar-refractivity contribution in [3.8, 4) is 0 Å². The molecule has 4 N–H and O–H groups in total. The van der Waals surface area contributed by atoms with Crippen LogP contribution < -0.4 is 16.4 Å². The van der Waals surface area contributed by atoms with Crippen LogP contribution in [0.2, 0.25) is 0 Å². The largest absolute Gasteiger partial charge is 0.496 e. The molecule has 0 unspecified atom stereocenters. The first-order chi connectivity index (χ1) is 13.0. The Kier molecular flexibility index (Phi) is 8.28. The van der Waals surface area contributed by atoms with Crippen LogP contribution in [0.5, 0.6) is 0 Å². The van der Waals surface area contributed by atoms with E-state index in [1.54, 1.807) is 0 Å². The van der Waals surface area contributed by atoms with Gasteiger partial charge < -0.3 is 21.1 Å². The van der Waals surface area contributed by atoms with E-state index >= 15 is 0 Å². The Morgan fingerprint density at radius 1 is 1.22 bits per heavy atom. The van der Waals surface area contributed by atoms with Crippen LogP contribution in [0.1, 0.15) is 71.1 Å². The molecular formula is C20H33N3O4. The molecule has 0 saturated heterocycles. The monoisotopic (exact) mass is 379 g/mol. The number of rotatable bonds is 9. The number of ketones is 1.